The Morgan fingerprint density at radius 2 is 2.30 bits per heavy atom. The van der Waals surface area contributed by atoms with Crippen molar-refractivity contribution in [2.45, 2.75) is 51.3 Å². The second-order valence-electron chi connectivity index (χ2n) is 5.74. The highest BCUT2D eigenvalue weighted by Gasteiger charge is 2.26. The molecule has 2 rings (SSSR count). The van der Waals surface area contributed by atoms with Crippen molar-refractivity contribution in [3.8, 4) is 0 Å². The smallest absolute Gasteiger partial charge is 0.308 e. The lowest BCUT2D eigenvalue weighted by Gasteiger charge is -2.21. The lowest BCUT2D eigenvalue weighted by Crippen LogP contribution is -2.24. The number of carbonyl (C=O) groups is 1. The van der Waals surface area contributed by atoms with E-state index in [1.165, 1.54) is 12.8 Å². The molecule has 2 unspecified atom stereocenters. The minimum Gasteiger partial charge on any atom is -0.481 e. The normalized spacial score (nSPS) is 21.1. The van der Waals surface area contributed by atoms with Crippen molar-refractivity contribution in [1.29, 1.82) is 0 Å². The highest BCUT2D eigenvalue weighted by Crippen LogP contribution is 2.37. The summed E-state index contributed by atoms with van der Waals surface area (Å²) in [5.41, 5.74) is 0. The van der Waals surface area contributed by atoms with Crippen molar-refractivity contribution >= 4 is 17.7 Å². The quantitative estimate of drug-likeness (QED) is 0.868. The van der Waals surface area contributed by atoms with E-state index in [-0.39, 0.29) is 0 Å². The standard InChI is InChI=1S/C13H22N4O2S/c1-9(2)7-10(13(18)19)8-17-12(14-15-16-17)11-5-3-4-6-20-11/h9-11H,3-8H2,1-2H3,(H,18,19). The number of aliphatic carboxylic acids is 1. The minimum atomic E-state index is -0.767. The summed E-state index contributed by atoms with van der Waals surface area (Å²) in [7, 11) is 0. The minimum absolute atomic E-state index is 0.312. The number of hydrogen-bond donors (Lipinski definition) is 1. The zero-order chi connectivity index (χ0) is 14.5. The lowest BCUT2D eigenvalue weighted by atomic mass is 9.97. The fourth-order valence-corrected chi connectivity index (χ4v) is 3.85. The van der Waals surface area contributed by atoms with Gasteiger partial charge in [0.25, 0.3) is 0 Å². The first-order valence-corrected chi connectivity index (χ1v) is 8.23. The van der Waals surface area contributed by atoms with Crippen LogP contribution < -0.4 is 0 Å². The Morgan fingerprint density at radius 1 is 1.50 bits per heavy atom. The SMILES string of the molecule is CC(C)CC(Cn1nnnc1C1CCCCS1)C(=O)O. The van der Waals surface area contributed by atoms with Gasteiger partial charge in [-0.25, -0.2) is 4.68 Å². The molecular formula is C13H22N4O2S. The Kier molecular flexibility index (Phi) is 5.39. The molecule has 1 aliphatic heterocycles. The predicted octanol–water partition coefficient (Wildman–Crippen LogP) is 2.38. The maximum atomic E-state index is 11.4. The van der Waals surface area contributed by atoms with E-state index >= 15 is 0 Å². The van der Waals surface area contributed by atoms with Gasteiger partial charge in [-0.2, -0.15) is 11.8 Å². The zero-order valence-electron chi connectivity index (χ0n) is 12.0. The fraction of sp³-hybridized carbons (Fsp3) is 0.846. The first-order chi connectivity index (χ1) is 9.58. The van der Waals surface area contributed by atoms with Crippen LogP contribution in [0.4, 0.5) is 0 Å². The average Bonchev–Trinajstić information content (AvgIpc) is 2.86. The molecule has 0 spiro atoms. The van der Waals surface area contributed by atoms with Gasteiger partial charge >= 0.3 is 5.97 Å². The number of nitrogens with zero attached hydrogens (tertiary/aromatic N) is 4. The monoisotopic (exact) mass is 298 g/mol. The molecule has 0 amide bonds. The van der Waals surface area contributed by atoms with E-state index in [1.807, 2.05) is 25.6 Å². The molecule has 1 saturated heterocycles. The first-order valence-electron chi connectivity index (χ1n) is 7.18. The van der Waals surface area contributed by atoms with Crippen LogP contribution >= 0.6 is 11.8 Å². The molecule has 1 aliphatic rings. The van der Waals surface area contributed by atoms with Crippen LogP contribution in [0.1, 0.15) is 50.6 Å². The second kappa shape index (κ2) is 7.06. The van der Waals surface area contributed by atoms with Crippen molar-refractivity contribution in [2.24, 2.45) is 11.8 Å². The Bertz CT molecular complexity index is 443. The number of rotatable bonds is 6. The van der Waals surface area contributed by atoms with Crippen LogP contribution in [-0.4, -0.2) is 37.0 Å². The molecule has 2 heterocycles. The van der Waals surface area contributed by atoms with Gasteiger partial charge in [-0.05, 0) is 41.4 Å². The molecule has 1 N–H and O–H groups in total. The van der Waals surface area contributed by atoms with Crippen LogP contribution in [0, 0.1) is 11.8 Å². The van der Waals surface area contributed by atoms with E-state index in [9.17, 15) is 9.90 Å². The van der Waals surface area contributed by atoms with E-state index < -0.39 is 11.9 Å². The van der Waals surface area contributed by atoms with Gasteiger partial charge in [0, 0.05) is 0 Å². The topological polar surface area (TPSA) is 80.9 Å². The van der Waals surface area contributed by atoms with Crippen molar-refractivity contribution in [3.05, 3.63) is 5.82 Å². The highest BCUT2D eigenvalue weighted by atomic mass is 32.2. The van der Waals surface area contributed by atoms with Gasteiger partial charge in [0.05, 0.1) is 17.7 Å². The molecule has 1 aromatic rings. The van der Waals surface area contributed by atoms with Crippen molar-refractivity contribution in [1.82, 2.24) is 20.2 Å². The van der Waals surface area contributed by atoms with Gasteiger partial charge in [0.15, 0.2) is 5.82 Å². The zero-order valence-corrected chi connectivity index (χ0v) is 12.8. The summed E-state index contributed by atoms with van der Waals surface area (Å²) in [6, 6.07) is 0. The molecule has 7 heteroatoms. The highest BCUT2D eigenvalue weighted by molar-refractivity contribution is 7.99. The van der Waals surface area contributed by atoms with Crippen LogP contribution in [0.2, 0.25) is 0 Å². The fourth-order valence-electron chi connectivity index (χ4n) is 2.55. The molecule has 112 valence electrons. The summed E-state index contributed by atoms with van der Waals surface area (Å²) in [6.45, 7) is 4.44. The summed E-state index contributed by atoms with van der Waals surface area (Å²) < 4.78 is 1.70. The third kappa shape index (κ3) is 3.94. The summed E-state index contributed by atoms with van der Waals surface area (Å²) >= 11 is 1.87. The molecule has 0 radical (unpaired) electrons. The van der Waals surface area contributed by atoms with Gasteiger partial charge in [0.1, 0.15) is 0 Å². The van der Waals surface area contributed by atoms with E-state index in [1.54, 1.807) is 4.68 Å². The number of thioether (sulfide) groups is 1. The summed E-state index contributed by atoms with van der Waals surface area (Å²) in [6.07, 6.45) is 4.16. The van der Waals surface area contributed by atoms with Crippen molar-refractivity contribution < 1.29 is 9.90 Å². The molecule has 1 fully saturated rings. The van der Waals surface area contributed by atoms with E-state index in [0.717, 1.165) is 18.0 Å². The maximum absolute atomic E-state index is 11.4. The van der Waals surface area contributed by atoms with Gasteiger partial charge in [-0.15, -0.1) is 5.10 Å². The molecule has 6 nitrogen and oxygen atoms in total. The number of aromatic nitrogens is 4. The number of hydrogen-bond acceptors (Lipinski definition) is 5. The predicted molar refractivity (Wildman–Crippen MR) is 77.4 cm³/mol. The largest absolute Gasteiger partial charge is 0.481 e. The third-order valence-electron chi connectivity index (χ3n) is 3.53. The molecule has 0 bridgehead atoms. The van der Waals surface area contributed by atoms with Gasteiger partial charge in [0.2, 0.25) is 0 Å². The Balaban J connectivity index is 2.08. The molecule has 2 atom stereocenters. The number of tetrazole rings is 1. The Labute approximate surface area is 123 Å². The van der Waals surface area contributed by atoms with Gasteiger partial charge < -0.3 is 5.11 Å². The van der Waals surface area contributed by atoms with E-state index in [0.29, 0.717) is 24.1 Å². The van der Waals surface area contributed by atoms with Crippen LogP contribution in [0.25, 0.3) is 0 Å². The third-order valence-corrected chi connectivity index (χ3v) is 4.90. The summed E-state index contributed by atoms with van der Waals surface area (Å²) in [4.78, 5) is 11.4. The van der Waals surface area contributed by atoms with E-state index in [4.69, 9.17) is 0 Å². The molecule has 0 saturated carbocycles. The van der Waals surface area contributed by atoms with Crippen molar-refractivity contribution in [2.75, 3.05) is 5.75 Å². The van der Waals surface area contributed by atoms with Crippen LogP contribution in [-0.2, 0) is 11.3 Å². The molecule has 20 heavy (non-hydrogen) atoms. The second-order valence-corrected chi connectivity index (χ2v) is 7.05. The average molecular weight is 298 g/mol. The molecule has 0 aliphatic carbocycles. The molecule has 1 aromatic heterocycles. The van der Waals surface area contributed by atoms with E-state index in [2.05, 4.69) is 15.5 Å². The van der Waals surface area contributed by atoms with Crippen LogP contribution in [0.3, 0.4) is 0 Å². The first kappa shape index (κ1) is 15.3. The Hall–Kier alpha value is -1.11. The van der Waals surface area contributed by atoms with Gasteiger partial charge in [-0.1, -0.05) is 20.3 Å². The molecular weight excluding hydrogens is 276 g/mol. The summed E-state index contributed by atoms with van der Waals surface area (Å²) in [5, 5.41) is 21.5. The van der Waals surface area contributed by atoms with Crippen molar-refractivity contribution in [3.63, 3.8) is 0 Å². The Morgan fingerprint density at radius 3 is 2.90 bits per heavy atom. The van der Waals surface area contributed by atoms with Crippen LogP contribution in [0.15, 0.2) is 0 Å². The maximum Gasteiger partial charge on any atom is 0.308 e. The van der Waals surface area contributed by atoms with Crippen LogP contribution in [0.5, 0.6) is 0 Å². The number of carboxylic acid groups (broad SMARTS) is 1. The lowest BCUT2D eigenvalue weighted by molar-refractivity contribution is -0.142. The molecule has 0 aromatic carbocycles. The summed E-state index contributed by atoms with van der Waals surface area (Å²) in [5.74, 6) is 1.12. The number of carboxylic acids is 1. The van der Waals surface area contributed by atoms with Gasteiger partial charge in [-0.3, -0.25) is 4.79 Å².